The number of nitrogens with one attached hydrogen (secondary N) is 2. The van der Waals surface area contributed by atoms with Gasteiger partial charge < -0.3 is 10.9 Å². The maximum Gasteiger partial charge on any atom is 0.145 e. The van der Waals surface area contributed by atoms with Gasteiger partial charge in [-0.1, -0.05) is 6.42 Å². The van der Waals surface area contributed by atoms with E-state index in [2.05, 4.69) is 25.8 Å². The maximum absolute atomic E-state index is 5.27. The van der Waals surface area contributed by atoms with Crippen molar-refractivity contribution in [1.29, 1.82) is 0 Å². The summed E-state index contributed by atoms with van der Waals surface area (Å²) in [7, 11) is 0. The van der Waals surface area contributed by atoms with E-state index in [1.807, 2.05) is 0 Å². The average molecular weight is 208 g/mol. The van der Waals surface area contributed by atoms with Gasteiger partial charge in [-0.25, -0.2) is 20.8 Å². The first-order chi connectivity index (χ1) is 7.38. The molecule has 0 bridgehead atoms. The van der Waals surface area contributed by atoms with Crippen molar-refractivity contribution in [1.82, 2.24) is 15.0 Å². The Morgan fingerprint density at radius 2 is 1.87 bits per heavy atom. The van der Waals surface area contributed by atoms with Crippen LogP contribution in [0.5, 0.6) is 0 Å². The Kier molecular flexibility index (Phi) is 3.31. The minimum atomic E-state index is 0.615. The second-order valence-electron chi connectivity index (χ2n) is 3.59. The van der Waals surface area contributed by atoms with Crippen molar-refractivity contribution in [3.8, 4) is 0 Å². The van der Waals surface area contributed by atoms with Gasteiger partial charge in [0.1, 0.15) is 18.0 Å². The third-order valence-electron chi connectivity index (χ3n) is 2.44. The van der Waals surface area contributed by atoms with Crippen molar-refractivity contribution in [3.05, 3.63) is 12.4 Å². The van der Waals surface area contributed by atoms with E-state index in [0.29, 0.717) is 5.82 Å². The van der Waals surface area contributed by atoms with Crippen molar-refractivity contribution >= 4 is 11.6 Å². The van der Waals surface area contributed by atoms with Crippen LogP contribution in [0.1, 0.15) is 19.3 Å². The SMILES string of the molecule is NNc1cc(NN2CCCCC2)ncn1. The van der Waals surface area contributed by atoms with Crippen LogP contribution in [0.25, 0.3) is 0 Å². The van der Waals surface area contributed by atoms with E-state index in [4.69, 9.17) is 5.84 Å². The molecule has 2 heterocycles. The van der Waals surface area contributed by atoms with Crippen molar-refractivity contribution in [2.75, 3.05) is 23.9 Å². The Balaban J connectivity index is 1.96. The number of nitrogen functional groups attached to an aromatic ring is 1. The molecule has 0 aliphatic carbocycles. The van der Waals surface area contributed by atoms with Gasteiger partial charge in [0.15, 0.2) is 0 Å². The Labute approximate surface area is 88.8 Å². The number of hydrazine groups is 2. The van der Waals surface area contributed by atoms with Gasteiger partial charge in [-0.15, -0.1) is 0 Å². The summed E-state index contributed by atoms with van der Waals surface area (Å²) >= 11 is 0. The predicted molar refractivity (Wildman–Crippen MR) is 58.9 cm³/mol. The zero-order chi connectivity index (χ0) is 10.5. The normalized spacial score (nSPS) is 17.4. The number of anilines is 2. The van der Waals surface area contributed by atoms with Gasteiger partial charge in [0.05, 0.1) is 0 Å². The minimum Gasteiger partial charge on any atom is -0.308 e. The monoisotopic (exact) mass is 208 g/mol. The van der Waals surface area contributed by atoms with E-state index in [0.717, 1.165) is 18.9 Å². The molecule has 0 atom stereocenters. The molecule has 0 amide bonds. The third kappa shape index (κ3) is 2.77. The quantitative estimate of drug-likeness (QED) is 0.498. The van der Waals surface area contributed by atoms with Gasteiger partial charge in [0.25, 0.3) is 0 Å². The molecule has 0 spiro atoms. The van der Waals surface area contributed by atoms with Crippen LogP contribution < -0.4 is 16.7 Å². The topological polar surface area (TPSA) is 79.1 Å². The standard InChI is InChI=1S/C9H16N6/c10-13-8-6-9(12-7-11-8)14-15-4-2-1-3-5-15/h6-7H,1-5,10H2,(H2,11,12,13,14). The molecule has 82 valence electrons. The van der Waals surface area contributed by atoms with Gasteiger partial charge in [-0.05, 0) is 12.8 Å². The molecular formula is C9H16N6. The average Bonchev–Trinajstić information content (AvgIpc) is 2.31. The number of nitrogens with zero attached hydrogens (tertiary/aromatic N) is 3. The molecule has 1 saturated heterocycles. The van der Waals surface area contributed by atoms with E-state index in [1.54, 1.807) is 6.07 Å². The van der Waals surface area contributed by atoms with Crippen LogP contribution >= 0.6 is 0 Å². The minimum absolute atomic E-state index is 0.615. The molecule has 0 saturated carbocycles. The summed E-state index contributed by atoms with van der Waals surface area (Å²) in [5, 5.41) is 2.17. The number of nitrogens with two attached hydrogens (primary N) is 1. The summed E-state index contributed by atoms with van der Waals surface area (Å²) < 4.78 is 0. The smallest absolute Gasteiger partial charge is 0.145 e. The van der Waals surface area contributed by atoms with Gasteiger partial charge in [-0.3, -0.25) is 0 Å². The largest absolute Gasteiger partial charge is 0.308 e. The number of rotatable bonds is 3. The van der Waals surface area contributed by atoms with Crippen LogP contribution in [-0.4, -0.2) is 28.1 Å². The first kappa shape index (κ1) is 10.1. The van der Waals surface area contributed by atoms with Crippen molar-refractivity contribution in [2.24, 2.45) is 5.84 Å². The van der Waals surface area contributed by atoms with Gasteiger partial charge >= 0.3 is 0 Å². The zero-order valence-electron chi connectivity index (χ0n) is 8.61. The summed E-state index contributed by atoms with van der Waals surface area (Å²) in [6, 6.07) is 1.79. The summed E-state index contributed by atoms with van der Waals surface area (Å²) in [6.45, 7) is 2.13. The fourth-order valence-corrected chi connectivity index (χ4v) is 1.67. The molecule has 0 aromatic carbocycles. The first-order valence-electron chi connectivity index (χ1n) is 5.19. The van der Waals surface area contributed by atoms with Gasteiger partial charge in [-0.2, -0.15) is 0 Å². The molecule has 6 nitrogen and oxygen atoms in total. The lowest BCUT2D eigenvalue weighted by Gasteiger charge is -2.27. The molecule has 4 N–H and O–H groups in total. The third-order valence-corrected chi connectivity index (χ3v) is 2.44. The lowest BCUT2D eigenvalue weighted by atomic mass is 10.2. The molecular weight excluding hydrogens is 192 g/mol. The van der Waals surface area contributed by atoms with Crippen molar-refractivity contribution < 1.29 is 0 Å². The van der Waals surface area contributed by atoms with Crippen molar-refractivity contribution in [3.63, 3.8) is 0 Å². The lowest BCUT2D eigenvalue weighted by molar-refractivity contribution is 0.272. The fraction of sp³-hybridized carbons (Fsp3) is 0.556. The van der Waals surface area contributed by atoms with Crippen LogP contribution in [-0.2, 0) is 0 Å². The van der Waals surface area contributed by atoms with E-state index in [9.17, 15) is 0 Å². The molecule has 1 aromatic heterocycles. The fourth-order valence-electron chi connectivity index (χ4n) is 1.67. The number of hydrogen-bond acceptors (Lipinski definition) is 6. The number of piperidine rings is 1. The molecule has 0 radical (unpaired) electrons. The van der Waals surface area contributed by atoms with Gasteiger partial charge in [0, 0.05) is 19.2 Å². The first-order valence-corrected chi connectivity index (χ1v) is 5.19. The maximum atomic E-state index is 5.27. The Hall–Kier alpha value is -1.40. The highest BCUT2D eigenvalue weighted by Crippen LogP contribution is 2.12. The molecule has 1 aliphatic rings. The van der Waals surface area contributed by atoms with Crippen LogP contribution in [0.2, 0.25) is 0 Å². The summed E-state index contributed by atoms with van der Waals surface area (Å²) in [6.07, 6.45) is 5.28. The van der Waals surface area contributed by atoms with E-state index >= 15 is 0 Å². The van der Waals surface area contributed by atoms with E-state index in [1.165, 1.54) is 25.6 Å². The van der Waals surface area contributed by atoms with Crippen LogP contribution in [0.3, 0.4) is 0 Å². The molecule has 1 fully saturated rings. The molecule has 0 unspecified atom stereocenters. The number of hydrogen-bond donors (Lipinski definition) is 3. The summed E-state index contributed by atoms with van der Waals surface area (Å²) in [4.78, 5) is 8.07. The second-order valence-corrected chi connectivity index (χ2v) is 3.59. The summed E-state index contributed by atoms with van der Waals surface area (Å²) in [5.41, 5.74) is 5.74. The van der Waals surface area contributed by atoms with Crippen LogP contribution in [0.4, 0.5) is 11.6 Å². The zero-order valence-corrected chi connectivity index (χ0v) is 8.61. The van der Waals surface area contributed by atoms with E-state index < -0.39 is 0 Å². The predicted octanol–water partition coefficient (Wildman–Crippen LogP) is 0.575. The summed E-state index contributed by atoms with van der Waals surface area (Å²) in [5.74, 6) is 6.66. The van der Waals surface area contributed by atoms with Gasteiger partial charge in [0.2, 0.25) is 0 Å². The Morgan fingerprint density at radius 1 is 1.13 bits per heavy atom. The highest BCUT2D eigenvalue weighted by atomic mass is 15.5. The van der Waals surface area contributed by atoms with Crippen LogP contribution in [0.15, 0.2) is 12.4 Å². The second kappa shape index (κ2) is 4.90. The highest BCUT2D eigenvalue weighted by molar-refractivity contribution is 5.44. The Bertz CT molecular complexity index is 309. The number of aromatic nitrogens is 2. The molecule has 1 aromatic rings. The van der Waals surface area contributed by atoms with Crippen LogP contribution in [0, 0.1) is 0 Å². The lowest BCUT2D eigenvalue weighted by Crippen LogP contribution is -2.35. The molecule has 6 heteroatoms. The molecule has 1 aliphatic heterocycles. The van der Waals surface area contributed by atoms with Crippen molar-refractivity contribution in [2.45, 2.75) is 19.3 Å². The molecule has 2 rings (SSSR count). The van der Waals surface area contributed by atoms with E-state index in [-0.39, 0.29) is 0 Å². The Morgan fingerprint density at radius 3 is 2.60 bits per heavy atom. The highest BCUT2D eigenvalue weighted by Gasteiger charge is 2.10. The molecule has 15 heavy (non-hydrogen) atoms.